The molecular formula is C27H35ClN2O3. The molecule has 3 rings (SSSR count). The standard InChI is InChI=1S/C27H35ClN2O3/c1-2-3-4-5-6-7-8-9-10-11-12-13-16-25(31)32-24-20-21(28)17-18-22(24)26-30-23-15-14-19-29-27(23)33-26/h14-15,17-20H,2-13,16H2,1H3. The molecule has 3 aromatic rings. The van der Waals surface area contributed by atoms with Gasteiger partial charge in [-0.15, -0.1) is 0 Å². The van der Waals surface area contributed by atoms with E-state index in [1.807, 2.05) is 6.07 Å². The fraction of sp³-hybridized carbons (Fsp3) is 0.519. The molecule has 1 aromatic carbocycles. The first-order valence-electron chi connectivity index (χ1n) is 12.4. The number of carbonyl (C=O) groups excluding carboxylic acids is 1. The van der Waals surface area contributed by atoms with Gasteiger partial charge in [-0.1, -0.05) is 89.2 Å². The summed E-state index contributed by atoms with van der Waals surface area (Å²) in [6.07, 6.45) is 17.1. The van der Waals surface area contributed by atoms with Gasteiger partial charge in [-0.3, -0.25) is 4.79 Å². The van der Waals surface area contributed by atoms with E-state index in [4.69, 9.17) is 20.8 Å². The van der Waals surface area contributed by atoms with Crippen LogP contribution in [-0.2, 0) is 4.79 Å². The highest BCUT2D eigenvalue weighted by Crippen LogP contribution is 2.33. The van der Waals surface area contributed by atoms with Crippen LogP contribution >= 0.6 is 11.6 Å². The molecule has 0 aliphatic carbocycles. The Bertz CT molecular complexity index is 969. The molecule has 5 nitrogen and oxygen atoms in total. The van der Waals surface area contributed by atoms with Gasteiger partial charge in [0.15, 0.2) is 0 Å². The van der Waals surface area contributed by atoms with Crippen LogP contribution < -0.4 is 4.74 Å². The van der Waals surface area contributed by atoms with Gasteiger partial charge in [0.2, 0.25) is 11.6 Å². The van der Waals surface area contributed by atoms with Crippen molar-refractivity contribution in [1.29, 1.82) is 0 Å². The Hall–Kier alpha value is -2.40. The molecule has 0 amide bonds. The summed E-state index contributed by atoms with van der Waals surface area (Å²) in [5, 5.41) is 0.487. The van der Waals surface area contributed by atoms with E-state index in [1.165, 1.54) is 64.2 Å². The summed E-state index contributed by atoms with van der Waals surface area (Å²) in [4.78, 5) is 21.1. The summed E-state index contributed by atoms with van der Waals surface area (Å²) in [5.74, 6) is 0.450. The highest BCUT2D eigenvalue weighted by atomic mass is 35.5. The van der Waals surface area contributed by atoms with Crippen molar-refractivity contribution in [2.24, 2.45) is 0 Å². The van der Waals surface area contributed by atoms with E-state index in [1.54, 1.807) is 30.5 Å². The zero-order valence-corrected chi connectivity index (χ0v) is 20.4. The number of rotatable bonds is 15. The van der Waals surface area contributed by atoms with Crippen LogP contribution in [-0.4, -0.2) is 15.9 Å². The van der Waals surface area contributed by atoms with Gasteiger partial charge < -0.3 is 9.15 Å². The molecule has 0 bridgehead atoms. The van der Waals surface area contributed by atoms with Crippen molar-refractivity contribution in [2.45, 2.75) is 90.4 Å². The number of ether oxygens (including phenoxy) is 1. The topological polar surface area (TPSA) is 65.2 Å². The number of nitrogens with zero attached hydrogens (tertiary/aromatic N) is 2. The minimum absolute atomic E-state index is 0.264. The van der Waals surface area contributed by atoms with E-state index in [2.05, 4.69) is 16.9 Å². The monoisotopic (exact) mass is 470 g/mol. The van der Waals surface area contributed by atoms with E-state index in [0.717, 1.165) is 12.8 Å². The molecule has 0 atom stereocenters. The molecule has 0 spiro atoms. The van der Waals surface area contributed by atoms with Gasteiger partial charge in [0, 0.05) is 23.7 Å². The summed E-state index contributed by atoms with van der Waals surface area (Å²) in [6, 6.07) is 8.72. The second-order valence-electron chi connectivity index (χ2n) is 8.60. The third-order valence-electron chi connectivity index (χ3n) is 5.80. The molecule has 0 unspecified atom stereocenters. The summed E-state index contributed by atoms with van der Waals surface area (Å²) in [5.41, 5.74) is 1.67. The second-order valence-corrected chi connectivity index (χ2v) is 9.04. The van der Waals surface area contributed by atoms with Crippen LogP contribution in [0.25, 0.3) is 22.7 Å². The highest BCUT2D eigenvalue weighted by molar-refractivity contribution is 6.30. The number of benzene rings is 1. The van der Waals surface area contributed by atoms with Crippen LogP contribution in [0.3, 0.4) is 0 Å². The van der Waals surface area contributed by atoms with Crippen molar-refractivity contribution in [1.82, 2.24) is 9.97 Å². The van der Waals surface area contributed by atoms with Crippen LogP contribution in [0.4, 0.5) is 0 Å². The molecule has 0 aliphatic heterocycles. The van der Waals surface area contributed by atoms with Gasteiger partial charge in [0.25, 0.3) is 0 Å². The normalized spacial score (nSPS) is 11.2. The first-order valence-corrected chi connectivity index (χ1v) is 12.8. The molecule has 0 fully saturated rings. The van der Waals surface area contributed by atoms with Crippen LogP contribution in [0, 0.1) is 0 Å². The number of pyridine rings is 1. The first-order chi connectivity index (χ1) is 16.2. The van der Waals surface area contributed by atoms with E-state index in [9.17, 15) is 4.79 Å². The molecule has 0 radical (unpaired) electrons. The molecule has 0 N–H and O–H groups in total. The van der Waals surface area contributed by atoms with Gasteiger partial charge in [-0.25, -0.2) is 9.97 Å². The lowest BCUT2D eigenvalue weighted by molar-refractivity contribution is -0.134. The van der Waals surface area contributed by atoms with Crippen LogP contribution in [0.2, 0.25) is 5.02 Å². The van der Waals surface area contributed by atoms with Gasteiger partial charge in [0.1, 0.15) is 11.3 Å². The molecule has 178 valence electrons. The number of unbranched alkanes of at least 4 members (excludes halogenated alkanes) is 11. The maximum atomic E-state index is 12.4. The van der Waals surface area contributed by atoms with Gasteiger partial charge in [0.05, 0.1) is 5.56 Å². The van der Waals surface area contributed by atoms with E-state index in [-0.39, 0.29) is 5.97 Å². The minimum atomic E-state index is -0.264. The van der Waals surface area contributed by atoms with E-state index >= 15 is 0 Å². The molecule has 6 heteroatoms. The van der Waals surface area contributed by atoms with Gasteiger partial charge >= 0.3 is 5.97 Å². The maximum Gasteiger partial charge on any atom is 0.311 e. The molecule has 0 saturated heterocycles. The van der Waals surface area contributed by atoms with Crippen molar-refractivity contribution in [3.05, 3.63) is 41.6 Å². The SMILES string of the molecule is CCCCCCCCCCCCCCC(=O)Oc1cc(Cl)ccc1-c1nc2cccnc2o1. The zero-order valence-electron chi connectivity index (χ0n) is 19.7. The van der Waals surface area contributed by atoms with Crippen LogP contribution in [0.1, 0.15) is 90.4 Å². The number of esters is 1. The van der Waals surface area contributed by atoms with Crippen molar-refractivity contribution in [2.75, 3.05) is 0 Å². The molecule has 33 heavy (non-hydrogen) atoms. The Labute approximate surface area is 201 Å². The smallest absolute Gasteiger partial charge is 0.311 e. The van der Waals surface area contributed by atoms with Crippen molar-refractivity contribution >= 4 is 28.8 Å². The number of aromatic nitrogens is 2. The van der Waals surface area contributed by atoms with E-state index < -0.39 is 0 Å². The number of oxazole rings is 1. The fourth-order valence-electron chi connectivity index (χ4n) is 3.93. The lowest BCUT2D eigenvalue weighted by Crippen LogP contribution is -2.08. The third kappa shape index (κ3) is 8.47. The highest BCUT2D eigenvalue weighted by Gasteiger charge is 2.17. The number of hydrogen-bond donors (Lipinski definition) is 0. The zero-order chi connectivity index (χ0) is 23.3. The summed E-state index contributed by atoms with van der Waals surface area (Å²) in [6.45, 7) is 2.26. The second kappa shape index (κ2) is 14.0. The van der Waals surface area contributed by atoms with Gasteiger partial charge in [-0.2, -0.15) is 0 Å². The molecule has 2 heterocycles. The molecule has 2 aromatic heterocycles. The van der Waals surface area contributed by atoms with Crippen molar-refractivity contribution in [3.63, 3.8) is 0 Å². The predicted molar refractivity (Wildman–Crippen MR) is 134 cm³/mol. The Morgan fingerprint density at radius 1 is 0.939 bits per heavy atom. The van der Waals surface area contributed by atoms with Crippen LogP contribution in [0.15, 0.2) is 40.9 Å². The largest absolute Gasteiger partial charge is 0.426 e. The summed E-state index contributed by atoms with van der Waals surface area (Å²) >= 11 is 6.14. The predicted octanol–water partition coefficient (Wildman–Crippen LogP) is 8.54. The summed E-state index contributed by atoms with van der Waals surface area (Å²) in [7, 11) is 0. The maximum absolute atomic E-state index is 12.4. The lowest BCUT2D eigenvalue weighted by atomic mass is 10.0. The van der Waals surface area contributed by atoms with Crippen LogP contribution in [0.5, 0.6) is 5.75 Å². The Kier molecular flexibility index (Phi) is 10.7. The average molecular weight is 471 g/mol. The molecule has 0 aliphatic rings. The summed E-state index contributed by atoms with van der Waals surface area (Å²) < 4.78 is 11.4. The number of halogens is 1. The lowest BCUT2D eigenvalue weighted by Gasteiger charge is -2.08. The average Bonchev–Trinajstić information content (AvgIpc) is 3.24. The van der Waals surface area contributed by atoms with Crippen molar-refractivity contribution in [3.8, 4) is 17.2 Å². The molecular weight excluding hydrogens is 436 g/mol. The first kappa shape index (κ1) is 25.2. The Balaban J connectivity index is 1.38. The third-order valence-corrected chi connectivity index (χ3v) is 6.03. The number of hydrogen-bond acceptors (Lipinski definition) is 5. The van der Waals surface area contributed by atoms with Crippen molar-refractivity contribution < 1.29 is 13.9 Å². The quantitative estimate of drug-likeness (QED) is 0.126. The number of fused-ring (bicyclic) bond motifs is 1. The van der Waals surface area contributed by atoms with E-state index in [0.29, 0.717) is 39.9 Å². The number of carbonyl (C=O) groups is 1. The molecule has 0 saturated carbocycles. The minimum Gasteiger partial charge on any atom is -0.426 e. The Morgan fingerprint density at radius 2 is 1.61 bits per heavy atom. The Morgan fingerprint density at radius 3 is 2.27 bits per heavy atom. The van der Waals surface area contributed by atoms with Gasteiger partial charge in [-0.05, 0) is 30.7 Å². The fourth-order valence-corrected chi connectivity index (χ4v) is 4.09.